The van der Waals surface area contributed by atoms with Crippen LogP contribution in [0.25, 0.3) is 6.08 Å². The van der Waals surface area contributed by atoms with E-state index in [-0.39, 0.29) is 0 Å². The minimum absolute atomic E-state index is 0.785. The lowest BCUT2D eigenvalue weighted by molar-refractivity contribution is 0.394. The van der Waals surface area contributed by atoms with Gasteiger partial charge in [0.1, 0.15) is 11.5 Å². The van der Waals surface area contributed by atoms with Gasteiger partial charge < -0.3 is 9.47 Å². The van der Waals surface area contributed by atoms with Gasteiger partial charge in [0.15, 0.2) is 0 Å². The Bertz CT molecular complexity index is 281. The predicted molar refractivity (Wildman–Crippen MR) is 53.9 cm³/mol. The van der Waals surface area contributed by atoms with E-state index in [9.17, 15) is 0 Å². The van der Waals surface area contributed by atoms with Gasteiger partial charge >= 0.3 is 0 Å². The van der Waals surface area contributed by atoms with Crippen LogP contribution in [0.2, 0.25) is 0 Å². The highest BCUT2D eigenvalue weighted by molar-refractivity contribution is 5.55. The molecule has 0 aliphatic rings. The van der Waals surface area contributed by atoms with Crippen molar-refractivity contribution in [1.82, 2.24) is 0 Å². The first-order valence-electron chi connectivity index (χ1n) is 3.99. The first-order valence-corrected chi connectivity index (χ1v) is 3.99. The van der Waals surface area contributed by atoms with Crippen LogP contribution in [0.15, 0.2) is 24.3 Å². The highest BCUT2D eigenvalue weighted by Crippen LogP contribution is 2.22. The van der Waals surface area contributed by atoms with Gasteiger partial charge in [-0.3, -0.25) is 0 Å². The van der Waals surface area contributed by atoms with Crippen molar-refractivity contribution < 1.29 is 9.47 Å². The van der Waals surface area contributed by atoms with Crippen molar-refractivity contribution >= 4 is 6.08 Å². The van der Waals surface area contributed by atoms with Gasteiger partial charge in [0, 0.05) is 6.07 Å². The molecule has 0 aliphatic heterocycles. The SMILES string of the molecule is [CH2]/C=C/c1cc(OC)cc(OC)c1. The Morgan fingerprint density at radius 1 is 1.08 bits per heavy atom. The van der Waals surface area contributed by atoms with Crippen LogP contribution in [-0.4, -0.2) is 14.2 Å². The zero-order valence-corrected chi connectivity index (χ0v) is 7.91. The van der Waals surface area contributed by atoms with E-state index < -0.39 is 0 Å². The molecule has 13 heavy (non-hydrogen) atoms. The van der Waals surface area contributed by atoms with E-state index >= 15 is 0 Å². The minimum atomic E-state index is 0.785. The molecule has 0 atom stereocenters. The van der Waals surface area contributed by atoms with Crippen LogP contribution in [0, 0.1) is 6.92 Å². The largest absolute Gasteiger partial charge is 0.497 e. The lowest BCUT2D eigenvalue weighted by atomic mass is 10.2. The number of hydrogen-bond acceptors (Lipinski definition) is 2. The lowest BCUT2D eigenvalue weighted by Gasteiger charge is -2.05. The van der Waals surface area contributed by atoms with Gasteiger partial charge in [-0.15, -0.1) is 0 Å². The number of hydrogen-bond donors (Lipinski definition) is 0. The quantitative estimate of drug-likeness (QED) is 0.706. The Balaban J connectivity index is 3.07. The van der Waals surface area contributed by atoms with E-state index in [0.29, 0.717) is 0 Å². The molecule has 0 fully saturated rings. The first kappa shape index (κ1) is 9.65. The standard InChI is InChI=1S/C11H13O2/c1-4-5-9-6-10(12-2)8-11(7-9)13-3/h4-8H,1H2,2-3H3/b5-4+. The van der Waals surface area contributed by atoms with Gasteiger partial charge in [-0.1, -0.05) is 12.2 Å². The molecule has 0 aromatic heterocycles. The fraction of sp³-hybridized carbons (Fsp3) is 0.182. The van der Waals surface area contributed by atoms with Crippen molar-refractivity contribution in [1.29, 1.82) is 0 Å². The zero-order chi connectivity index (χ0) is 9.68. The first-order chi connectivity index (χ1) is 6.30. The second-order valence-corrected chi connectivity index (χ2v) is 2.55. The summed E-state index contributed by atoms with van der Waals surface area (Å²) in [5, 5.41) is 0. The molecule has 0 saturated heterocycles. The topological polar surface area (TPSA) is 18.5 Å². The maximum atomic E-state index is 5.11. The number of rotatable bonds is 3. The monoisotopic (exact) mass is 177 g/mol. The summed E-state index contributed by atoms with van der Waals surface area (Å²) in [7, 11) is 3.26. The molecule has 1 aromatic carbocycles. The van der Waals surface area contributed by atoms with Crippen LogP contribution in [0.4, 0.5) is 0 Å². The summed E-state index contributed by atoms with van der Waals surface area (Å²) in [6.45, 7) is 3.63. The summed E-state index contributed by atoms with van der Waals surface area (Å²) in [4.78, 5) is 0. The Morgan fingerprint density at radius 3 is 2.00 bits per heavy atom. The maximum absolute atomic E-state index is 5.11. The molecule has 0 N–H and O–H groups in total. The van der Waals surface area contributed by atoms with Crippen molar-refractivity contribution in [2.75, 3.05) is 14.2 Å². The summed E-state index contributed by atoms with van der Waals surface area (Å²) in [6.07, 6.45) is 3.62. The van der Waals surface area contributed by atoms with E-state index in [1.807, 2.05) is 24.3 Å². The average Bonchev–Trinajstić information content (AvgIpc) is 2.17. The van der Waals surface area contributed by atoms with Crippen LogP contribution in [0.1, 0.15) is 5.56 Å². The highest BCUT2D eigenvalue weighted by atomic mass is 16.5. The summed E-state index contributed by atoms with van der Waals surface area (Å²) >= 11 is 0. The van der Waals surface area contributed by atoms with E-state index in [0.717, 1.165) is 17.1 Å². The molecule has 0 aliphatic carbocycles. The van der Waals surface area contributed by atoms with Crippen molar-refractivity contribution in [2.24, 2.45) is 0 Å². The molecule has 0 amide bonds. The number of allylic oxidation sites excluding steroid dienone is 1. The normalized spacial score (nSPS) is 10.4. The molecule has 0 spiro atoms. The van der Waals surface area contributed by atoms with Crippen molar-refractivity contribution in [3.05, 3.63) is 36.8 Å². The van der Waals surface area contributed by atoms with Gasteiger partial charge in [-0.05, 0) is 24.6 Å². The highest BCUT2D eigenvalue weighted by Gasteiger charge is 1.98. The van der Waals surface area contributed by atoms with Crippen molar-refractivity contribution in [3.8, 4) is 11.5 Å². The summed E-state index contributed by atoms with van der Waals surface area (Å²) < 4.78 is 10.2. The summed E-state index contributed by atoms with van der Waals surface area (Å²) in [5.41, 5.74) is 1.02. The smallest absolute Gasteiger partial charge is 0.123 e. The third-order valence-electron chi connectivity index (χ3n) is 1.68. The molecule has 1 rings (SSSR count). The van der Waals surface area contributed by atoms with E-state index in [1.165, 1.54) is 0 Å². The Hall–Kier alpha value is -1.44. The van der Waals surface area contributed by atoms with Gasteiger partial charge in [-0.2, -0.15) is 0 Å². The Morgan fingerprint density at radius 2 is 1.62 bits per heavy atom. The van der Waals surface area contributed by atoms with E-state index in [1.54, 1.807) is 20.3 Å². The summed E-state index contributed by atoms with van der Waals surface area (Å²) in [6, 6.07) is 5.68. The van der Waals surface area contributed by atoms with Crippen molar-refractivity contribution in [3.63, 3.8) is 0 Å². The summed E-state index contributed by atoms with van der Waals surface area (Å²) in [5.74, 6) is 1.57. The number of benzene rings is 1. The number of ether oxygens (including phenoxy) is 2. The third-order valence-corrected chi connectivity index (χ3v) is 1.68. The molecule has 2 heteroatoms. The van der Waals surface area contributed by atoms with Crippen LogP contribution in [0.3, 0.4) is 0 Å². The molecule has 0 heterocycles. The molecule has 0 saturated carbocycles. The molecule has 69 valence electrons. The Labute approximate surface area is 78.8 Å². The van der Waals surface area contributed by atoms with Crippen LogP contribution in [0.5, 0.6) is 11.5 Å². The fourth-order valence-electron chi connectivity index (χ4n) is 1.06. The van der Waals surface area contributed by atoms with Crippen LogP contribution in [-0.2, 0) is 0 Å². The third kappa shape index (κ3) is 2.51. The molecule has 1 radical (unpaired) electrons. The van der Waals surface area contributed by atoms with Gasteiger partial charge in [0.2, 0.25) is 0 Å². The predicted octanol–water partition coefficient (Wildman–Crippen LogP) is 2.55. The van der Waals surface area contributed by atoms with Crippen LogP contribution >= 0.6 is 0 Å². The number of methoxy groups -OCH3 is 2. The average molecular weight is 177 g/mol. The lowest BCUT2D eigenvalue weighted by Crippen LogP contribution is -1.87. The molecular weight excluding hydrogens is 164 g/mol. The van der Waals surface area contributed by atoms with Crippen molar-refractivity contribution in [2.45, 2.75) is 0 Å². The fourth-order valence-corrected chi connectivity index (χ4v) is 1.06. The molecule has 0 unspecified atom stereocenters. The van der Waals surface area contributed by atoms with E-state index in [4.69, 9.17) is 9.47 Å². The molecule has 0 bridgehead atoms. The molecule has 1 aromatic rings. The van der Waals surface area contributed by atoms with Gasteiger partial charge in [-0.25, -0.2) is 0 Å². The second kappa shape index (κ2) is 4.55. The zero-order valence-electron chi connectivity index (χ0n) is 7.91. The van der Waals surface area contributed by atoms with Crippen LogP contribution < -0.4 is 9.47 Å². The Kier molecular flexibility index (Phi) is 3.38. The van der Waals surface area contributed by atoms with Gasteiger partial charge in [0.05, 0.1) is 14.2 Å². The second-order valence-electron chi connectivity index (χ2n) is 2.55. The van der Waals surface area contributed by atoms with E-state index in [2.05, 4.69) is 6.92 Å². The minimum Gasteiger partial charge on any atom is -0.497 e. The van der Waals surface area contributed by atoms with Gasteiger partial charge in [0.25, 0.3) is 0 Å². The maximum Gasteiger partial charge on any atom is 0.123 e. The molecule has 2 nitrogen and oxygen atoms in total. The molecular formula is C11H13O2.